The maximum atomic E-state index is 13.1. The molecule has 0 radical (unpaired) electrons. The molecular formula is C20H23N3O5S2. The average molecular weight is 450 g/mol. The Balaban J connectivity index is 1.97. The summed E-state index contributed by atoms with van der Waals surface area (Å²) in [6.07, 6.45) is 3.57. The molecule has 0 saturated carbocycles. The molecule has 0 atom stereocenters. The first-order valence-electron chi connectivity index (χ1n) is 9.49. The molecule has 2 aromatic rings. The molecule has 3 rings (SSSR count). The van der Waals surface area contributed by atoms with Gasteiger partial charge in [-0.2, -0.15) is 9.57 Å². The quantitative estimate of drug-likeness (QED) is 0.725. The van der Waals surface area contributed by atoms with E-state index in [0.717, 1.165) is 25.7 Å². The molecule has 30 heavy (non-hydrogen) atoms. The van der Waals surface area contributed by atoms with Gasteiger partial charge in [0, 0.05) is 13.1 Å². The minimum atomic E-state index is -4.06. The van der Waals surface area contributed by atoms with Gasteiger partial charge in [-0.3, -0.25) is 4.72 Å². The van der Waals surface area contributed by atoms with Crippen molar-refractivity contribution in [2.75, 3.05) is 24.9 Å². The van der Waals surface area contributed by atoms with E-state index in [9.17, 15) is 16.8 Å². The molecule has 10 heteroatoms. The van der Waals surface area contributed by atoms with E-state index in [1.54, 1.807) is 0 Å². The largest absolute Gasteiger partial charge is 0.495 e. The molecule has 0 bridgehead atoms. The van der Waals surface area contributed by atoms with Crippen molar-refractivity contribution >= 4 is 25.7 Å². The fourth-order valence-corrected chi connectivity index (χ4v) is 5.95. The second-order valence-corrected chi connectivity index (χ2v) is 10.5. The highest BCUT2D eigenvalue weighted by atomic mass is 32.2. The summed E-state index contributed by atoms with van der Waals surface area (Å²) < 4.78 is 60.8. The summed E-state index contributed by atoms with van der Waals surface area (Å²) in [7, 11) is -6.46. The highest BCUT2D eigenvalue weighted by Gasteiger charge is 2.27. The van der Waals surface area contributed by atoms with Gasteiger partial charge in [-0.05, 0) is 49.2 Å². The van der Waals surface area contributed by atoms with Crippen LogP contribution in [0.15, 0.2) is 52.3 Å². The van der Waals surface area contributed by atoms with Crippen LogP contribution in [0.2, 0.25) is 0 Å². The number of nitriles is 1. The van der Waals surface area contributed by atoms with Gasteiger partial charge in [0.15, 0.2) is 0 Å². The fourth-order valence-electron chi connectivity index (χ4n) is 3.29. The predicted molar refractivity (Wildman–Crippen MR) is 112 cm³/mol. The zero-order chi connectivity index (χ0) is 21.8. The van der Waals surface area contributed by atoms with E-state index < -0.39 is 20.0 Å². The predicted octanol–water partition coefficient (Wildman–Crippen LogP) is 2.93. The number of methoxy groups -OCH3 is 1. The first-order chi connectivity index (χ1) is 14.3. The standard InChI is InChI=1S/C20H23N3O5S2/c1-28-20-10-9-18(30(26,27)23-11-4-2-3-5-12-23)14-19(20)22-29(24,25)17-8-6-7-16(13-17)15-21/h6-10,13-14,22H,2-5,11-12H2,1H3. The van der Waals surface area contributed by atoms with E-state index in [1.807, 2.05) is 6.07 Å². The van der Waals surface area contributed by atoms with Crippen LogP contribution in [0, 0.1) is 11.3 Å². The smallest absolute Gasteiger partial charge is 0.262 e. The molecule has 160 valence electrons. The van der Waals surface area contributed by atoms with Gasteiger partial charge in [0.25, 0.3) is 10.0 Å². The normalized spacial score (nSPS) is 15.7. The van der Waals surface area contributed by atoms with E-state index in [1.165, 1.54) is 53.9 Å². The zero-order valence-corrected chi connectivity index (χ0v) is 18.2. The average Bonchev–Trinajstić information content (AvgIpc) is 3.03. The Labute approximate surface area is 177 Å². The Bertz CT molecular complexity index is 1160. The zero-order valence-electron chi connectivity index (χ0n) is 16.5. The summed E-state index contributed by atoms with van der Waals surface area (Å²) in [5.41, 5.74) is 0.207. The Morgan fingerprint density at radius 3 is 2.30 bits per heavy atom. The van der Waals surface area contributed by atoms with E-state index >= 15 is 0 Å². The first kappa shape index (κ1) is 22.1. The van der Waals surface area contributed by atoms with Crippen molar-refractivity contribution in [1.82, 2.24) is 4.31 Å². The number of benzene rings is 2. The van der Waals surface area contributed by atoms with Crippen LogP contribution in [0.1, 0.15) is 31.2 Å². The number of ether oxygens (including phenoxy) is 1. The van der Waals surface area contributed by atoms with Crippen LogP contribution in [-0.2, 0) is 20.0 Å². The van der Waals surface area contributed by atoms with Crippen molar-refractivity contribution in [2.45, 2.75) is 35.5 Å². The van der Waals surface area contributed by atoms with Gasteiger partial charge < -0.3 is 4.74 Å². The second kappa shape index (κ2) is 9.04. The molecule has 0 amide bonds. The molecule has 1 N–H and O–H groups in total. The molecule has 1 fully saturated rings. The SMILES string of the molecule is COc1ccc(S(=O)(=O)N2CCCCCC2)cc1NS(=O)(=O)c1cccc(C#N)c1. The molecule has 0 unspecified atom stereocenters. The van der Waals surface area contributed by atoms with Crippen LogP contribution < -0.4 is 9.46 Å². The lowest BCUT2D eigenvalue weighted by Crippen LogP contribution is -2.32. The van der Waals surface area contributed by atoms with Gasteiger partial charge in [-0.15, -0.1) is 0 Å². The van der Waals surface area contributed by atoms with Crippen LogP contribution >= 0.6 is 0 Å². The maximum Gasteiger partial charge on any atom is 0.262 e. The third-order valence-corrected chi connectivity index (χ3v) is 8.15. The highest BCUT2D eigenvalue weighted by Crippen LogP contribution is 2.31. The van der Waals surface area contributed by atoms with Crippen LogP contribution in [0.25, 0.3) is 0 Å². The van der Waals surface area contributed by atoms with Crippen molar-refractivity contribution in [2.24, 2.45) is 0 Å². The van der Waals surface area contributed by atoms with Crippen molar-refractivity contribution in [3.63, 3.8) is 0 Å². The highest BCUT2D eigenvalue weighted by molar-refractivity contribution is 7.92. The van der Waals surface area contributed by atoms with Crippen molar-refractivity contribution in [3.05, 3.63) is 48.0 Å². The molecule has 0 aliphatic carbocycles. The number of nitrogens with one attached hydrogen (secondary N) is 1. The van der Waals surface area contributed by atoms with Gasteiger partial charge in [0.05, 0.1) is 34.2 Å². The lowest BCUT2D eigenvalue weighted by atomic mass is 10.2. The lowest BCUT2D eigenvalue weighted by molar-refractivity contribution is 0.415. The molecule has 0 spiro atoms. The van der Waals surface area contributed by atoms with Gasteiger partial charge in [-0.25, -0.2) is 16.8 Å². The van der Waals surface area contributed by atoms with Crippen LogP contribution in [0.4, 0.5) is 5.69 Å². The summed E-state index contributed by atoms with van der Waals surface area (Å²) in [4.78, 5) is -0.113. The van der Waals surface area contributed by atoms with Crippen LogP contribution in [0.3, 0.4) is 0 Å². The van der Waals surface area contributed by atoms with E-state index in [4.69, 9.17) is 10.00 Å². The van der Waals surface area contributed by atoms with Crippen molar-refractivity contribution in [3.8, 4) is 11.8 Å². The number of nitrogens with zero attached hydrogens (tertiary/aromatic N) is 2. The van der Waals surface area contributed by atoms with E-state index in [-0.39, 0.29) is 26.8 Å². The molecule has 1 aliphatic heterocycles. The third kappa shape index (κ3) is 4.75. The summed E-state index contributed by atoms with van der Waals surface area (Å²) in [6, 6.07) is 11.6. The summed E-state index contributed by atoms with van der Waals surface area (Å²) in [5.74, 6) is 0.185. The molecule has 1 saturated heterocycles. The number of hydrogen-bond acceptors (Lipinski definition) is 6. The Kier molecular flexibility index (Phi) is 6.65. The Morgan fingerprint density at radius 2 is 1.67 bits per heavy atom. The molecule has 0 aromatic heterocycles. The molecule has 8 nitrogen and oxygen atoms in total. The Hall–Kier alpha value is -2.61. The van der Waals surface area contributed by atoms with Gasteiger partial charge in [-0.1, -0.05) is 18.9 Å². The minimum Gasteiger partial charge on any atom is -0.495 e. The topological polar surface area (TPSA) is 117 Å². The minimum absolute atomic E-state index is 0.00586. The second-order valence-electron chi connectivity index (χ2n) is 6.93. The molecule has 1 aliphatic rings. The number of hydrogen-bond donors (Lipinski definition) is 1. The monoisotopic (exact) mass is 449 g/mol. The van der Waals surface area contributed by atoms with Crippen LogP contribution in [-0.4, -0.2) is 41.3 Å². The Morgan fingerprint density at radius 1 is 0.967 bits per heavy atom. The van der Waals surface area contributed by atoms with Crippen LogP contribution in [0.5, 0.6) is 5.75 Å². The summed E-state index contributed by atoms with van der Waals surface area (Å²) in [5, 5.41) is 9.01. The number of anilines is 1. The van der Waals surface area contributed by atoms with Crippen molar-refractivity contribution in [1.29, 1.82) is 5.26 Å². The summed E-state index contributed by atoms with van der Waals surface area (Å²) >= 11 is 0. The fraction of sp³-hybridized carbons (Fsp3) is 0.350. The first-order valence-corrected chi connectivity index (χ1v) is 12.4. The van der Waals surface area contributed by atoms with E-state index in [0.29, 0.717) is 13.1 Å². The number of sulfonamides is 2. The number of rotatable bonds is 6. The molecular weight excluding hydrogens is 426 g/mol. The molecule has 1 heterocycles. The van der Waals surface area contributed by atoms with Gasteiger partial charge >= 0.3 is 0 Å². The molecule has 2 aromatic carbocycles. The van der Waals surface area contributed by atoms with Crippen molar-refractivity contribution < 1.29 is 21.6 Å². The van der Waals surface area contributed by atoms with E-state index in [2.05, 4.69) is 4.72 Å². The van der Waals surface area contributed by atoms with Gasteiger partial charge in [0.1, 0.15) is 5.75 Å². The lowest BCUT2D eigenvalue weighted by Gasteiger charge is -2.21. The summed E-state index contributed by atoms with van der Waals surface area (Å²) in [6.45, 7) is 0.882. The van der Waals surface area contributed by atoms with Gasteiger partial charge in [0.2, 0.25) is 10.0 Å². The maximum absolute atomic E-state index is 13.1. The third-order valence-electron chi connectivity index (χ3n) is 4.89.